The molecule has 0 amide bonds. The number of benzene rings is 1. The van der Waals surface area contributed by atoms with E-state index < -0.39 is 29.1 Å². The Hall–Kier alpha value is -0.740. The highest BCUT2D eigenvalue weighted by atomic mass is 35.5. The van der Waals surface area contributed by atoms with Gasteiger partial charge in [-0.15, -0.1) is 12.4 Å². The van der Waals surface area contributed by atoms with Gasteiger partial charge in [0.25, 0.3) is 0 Å². The molecule has 0 fully saturated rings. The lowest BCUT2D eigenvalue weighted by molar-refractivity contribution is 0.470. The quantitative estimate of drug-likeness (QED) is 0.710. The summed E-state index contributed by atoms with van der Waals surface area (Å²) in [6, 6.07) is 0.744. The Morgan fingerprint density at radius 3 is 2.00 bits per heavy atom. The second-order valence-electron chi connectivity index (χ2n) is 2.55. The topological polar surface area (TPSA) is 26.0 Å². The van der Waals surface area contributed by atoms with Crippen molar-refractivity contribution in [2.45, 2.75) is 13.0 Å². The summed E-state index contributed by atoms with van der Waals surface area (Å²) in [5, 5.41) is 0. The highest BCUT2D eigenvalue weighted by Crippen LogP contribution is 2.20. The average Bonchev–Trinajstić information content (AvgIpc) is 1.97. The molecule has 0 aromatic heterocycles. The van der Waals surface area contributed by atoms with Crippen molar-refractivity contribution in [3.8, 4) is 0 Å². The minimum Gasteiger partial charge on any atom is -0.324 e. The van der Waals surface area contributed by atoms with E-state index in [1.165, 1.54) is 6.92 Å². The van der Waals surface area contributed by atoms with E-state index in [0.717, 1.165) is 12.1 Å². The molecule has 0 unspecified atom stereocenters. The zero-order chi connectivity index (χ0) is 9.30. The molecule has 1 nitrogen and oxygen atoms in total. The van der Waals surface area contributed by atoms with Crippen LogP contribution in [0.3, 0.4) is 0 Å². The molecule has 0 aliphatic rings. The van der Waals surface area contributed by atoms with Crippen LogP contribution in [0.4, 0.5) is 13.2 Å². The maximum absolute atomic E-state index is 12.8. The van der Waals surface area contributed by atoms with E-state index >= 15 is 0 Å². The molecule has 5 heteroatoms. The third-order valence-corrected chi connectivity index (χ3v) is 1.53. The van der Waals surface area contributed by atoms with E-state index in [9.17, 15) is 13.2 Å². The molecular formula is C8H9ClF3N. The second kappa shape index (κ2) is 4.48. The van der Waals surface area contributed by atoms with Gasteiger partial charge in [-0.1, -0.05) is 0 Å². The van der Waals surface area contributed by atoms with Crippen molar-refractivity contribution in [1.82, 2.24) is 0 Å². The fourth-order valence-electron chi connectivity index (χ4n) is 0.960. The van der Waals surface area contributed by atoms with Gasteiger partial charge in [0.2, 0.25) is 0 Å². The minimum absolute atomic E-state index is 0. The highest BCUT2D eigenvalue weighted by molar-refractivity contribution is 5.85. The van der Waals surface area contributed by atoms with Crippen molar-refractivity contribution in [2.75, 3.05) is 0 Å². The van der Waals surface area contributed by atoms with Gasteiger partial charge in [-0.25, -0.2) is 13.2 Å². The van der Waals surface area contributed by atoms with Gasteiger partial charge >= 0.3 is 0 Å². The highest BCUT2D eigenvalue weighted by Gasteiger charge is 2.16. The molecule has 2 N–H and O–H groups in total. The van der Waals surface area contributed by atoms with Crippen LogP contribution < -0.4 is 5.73 Å². The number of halogens is 4. The predicted octanol–water partition coefficient (Wildman–Crippen LogP) is 2.55. The van der Waals surface area contributed by atoms with Crippen LogP contribution in [0, 0.1) is 17.5 Å². The van der Waals surface area contributed by atoms with Crippen LogP contribution in [-0.4, -0.2) is 0 Å². The molecule has 0 heterocycles. The molecule has 1 rings (SSSR count). The maximum Gasteiger partial charge on any atom is 0.166 e. The van der Waals surface area contributed by atoms with Gasteiger partial charge in [0, 0.05) is 11.6 Å². The molecule has 0 aliphatic heterocycles. The molecule has 1 aromatic rings. The average molecular weight is 212 g/mol. The van der Waals surface area contributed by atoms with Crippen LogP contribution in [-0.2, 0) is 0 Å². The Balaban J connectivity index is 0.00000144. The van der Waals surface area contributed by atoms with Crippen molar-refractivity contribution in [3.05, 3.63) is 35.1 Å². The smallest absolute Gasteiger partial charge is 0.166 e. The minimum atomic E-state index is -1.20. The molecule has 0 spiro atoms. The molecule has 13 heavy (non-hydrogen) atoms. The van der Waals surface area contributed by atoms with Gasteiger partial charge in [-0.3, -0.25) is 0 Å². The summed E-state index contributed by atoms with van der Waals surface area (Å²) in [6.45, 7) is 1.39. The Labute approximate surface area is 80.2 Å². The Bertz CT molecular complexity index is 302. The van der Waals surface area contributed by atoms with Crippen LogP contribution in [0.1, 0.15) is 18.5 Å². The lowest BCUT2D eigenvalue weighted by atomic mass is 10.1. The molecule has 0 saturated carbocycles. The van der Waals surface area contributed by atoms with Crippen molar-refractivity contribution >= 4 is 12.4 Å². The van der Waals surface area contributed by atoms with Crippen LogP contribution in [0.2, 0.25) is 0 Å². The normalized spacial score (nSPS) is 12.1. The largest absolute Gasteiger partial charge is 0.324 e. The lowest BCUT2D eigenvalue weighted by Gasteiger charge is -2.08. The first-order valence-electron chi connectivity index (χ1n) is 3.43. The zero-order valence-corrected chi connectivity index (χ0v) is 7.67. The molecule has 1 atom stereocenters. The van der Waals surface area contributed by atoms with Gasteiger partial charge in [-0.2, -0.15) is 0 Å². The molecule has 0 radical (unpaired) electrons. The van der Waals surface area contributed by atoms with Gasteiger partial charge in [0.1, 0.15) is 5.82 Å². The van der Waals surface area contributed by atoms with Crippen molar-refractivity contribution in [2.24, 2.45) is 5.73 Å². The number of nitrogens with two attached hydrogens (primary N) is 1. The zero-order valence-electron chi connectivity index (χ0n) is 6.85. The van der Waals surface area contributed by atoms with Crippen molar-refractivity contribution < 1.29 is 13.2 Å². The fraction of sp³-hybridized carbons (Fsp3) is 0.250. The van der Waals surface area contributed by atoms with E-state index in [2.05, 4.69) is 0 Å². The number of hydrogen-bond acceptors (Lipinski definition) is 1. The lowest BCUT2D eigenvalue weighted by Crippen LogP contribution is -2.11. The van der Waals surface area contributed by atoms with E-state index in [-0.39, 0.29) is 12.4 Å². The summed E-state index contributed by atoms with van der Waals surface area (Å²) in [7, 11) is 0. The first-order valence-corrected chi connectivity index (χ1v) is 3.43. The molecule has 0 saturated heterocycles. The first kappa shape index (κ1) is 12.3. The molecule has 0 bridgehead atoms. The van der Waals surface area contributed by atoms with Crippen LogP contribution >= 0.6 is 12.4 Å². The standard InChI is InChI=1S/C8H8F3N.ClH/c1-4(12)7-5(9)2-3-6(10)8(7)11;/h2-4H,12H2,1H3;1H/t4-;/m0./s1. The van der Waals surface area contributed by atoms with Gasteiger partial charge in [0.05, 0.1) is 0 Å². The summed E-state index contributed by atoms with van der Waals surface area (Å²) in [6.07, 6.45) is 0. The van der Waals surface area contributed by atoms with E-state index in [4.69, 9.17) is 5.73 Å². The summed E-state index contributed by atoms with van der Waals surface area (Å²) >= 11 is 0. The third kappa shape index (κ3) is 2.35. The van der Waals surface area contributed by atoms with E-state index in [1.807, 2.05) is 0 Å². The van der Waals surface area contributed by atoms with Gasteiger partial charge in [0.15, 0.2) is 11.6 Å². The fourth-order valence-corrected chi connectivity index (χ4v) is 0.960. The van der Waals surface area contributed by atoms with Crippen molar-refractivity contribution in [1.29, 1.82) is 0 Å². The number of rotatable bonds is 1. The van der Waals surface area contributed by atoms with Crippen molar-refractivity contribution in [3.63, 3.8) is 0 Å². The summed E-state index contributed by atoms with van der Waals surface area (Å²) in [4.78, 5) is 0. The van der Waals surface area contributed by atoms with Crippen LogP contribution in [0.15, 0.2) is 12.1 Å². The Kier molecular flexibility index (Phi) is 4.23. The second-order valence-corrected chi connectivity index (χ2v) is 2.55. The van der Waals surface area contributed by atoms with E-state index in [0.29, 0.717) is 0 Å². The summed E-state index contributed by atoms with van der Waals surface area (Å²) < 4.78 is 38.1. The van der Waals surface area contributed by atoms with Gasteiger partial charge in [-0.05, 0) is 19.1 Å². The SMILES string of the molecule is C[C@H](N)c1c(F)ccc(F)c1F.Cl. The van der Waals surface area contributed by atoms with Gasteiger partial charge < -0.3 is 5.73 Å². The maximum atomic E-state index is 12.8. The Morgan fingerprint density at radius 2 is 1.62 bits per heavy atom. The Morgan fingerprint density at radius 1 is 1.15 bits per heavy atom. The summed E-state index contributed by atoms with van der Waals surface area (Å²) in [5.74, 6) is -3.10. The van der Waals surface area contributed by atoms with E-state index in [1.54, 1.807) is 0 Å². The molecular weight excluding hydrogens is 203 g/mol. The first-order chi connectivity index (χ1) is 5.54. The molecule has 0 aliphatic carbocycles. The number of hydrogen-bond donors (Lipinski definition) is 1. The molecule has 1 aromatic carbocycles. The predicted molar refractivity (Wildman–Crippen MR) is 46.2 cm³/mol. The van der Waals surface area contributed by atoms with Crippen LogP contribution in [0.25, 0.3) is 0 Å². The monoisotopic (exact) mass is 211 g/mol. The third-order valence-electron chi connectivity index (χ3n) is 1.53. The van der Waals surface area contributed by atoms with Crippen LogP contribution in [0.5, 0.6) is 0 Å². The molecule has 74 valence electrons. The summed E-state index contributed by atoms with van der Waals surface area (Å²) in [5.41, 5.74) is 4.83.